The van der Waals surface area contributed by atoms with Gasteiger partial charge in [0.25, 0.3) is 6.73 Å². The van der Waals surface area contributed by atoms with Gasteiger partial charge in [-0.2, -0.15) is 30.9 Å². The summed E-state index contributed by atoms with van der Waals surface area (Å²) in [7, 11) is -13.4. The minimum Gasteiger partial charge on any atom is -0.421 e. The second-order valence-electron chi connectivity index (χ2n) is 3.58. The Kier molecular flexibility index (Phi) is 8.07. The van der Waals surface area contributed by atoms with Crippen LogP contribution < -0.4 is 4.57 Å². The van der Waals surface area contributed by atoms with E-state index in [9.17, 15) is 43.2 Å². The molecule has 0 atom stereocenters. The van der Waals surface area contributed by atoms with Gasteiger partial charge in [0.2, 0.25) is 5.51 Å². The van der Waals surface area contributed by atoms with Crippen LogP contribution >= 0.6 is 11.3 Å². The molecule has 0 amide bonds. The summed E-state index contributed by atoms with van der Waals surface area (Å²) in [6, 6.07) is 0. The molecule has 16 heteroatoms. The first-order chi connectivity index (χ1) is 10.6. The highest BCUT2D eigenvalue weighted by Gasteiger charge is 2.46. The number of hydrogen-bond acceptors (Lipinski definition) is 6. The van der Waals surface area contributed by atoms with Gasteiger partial charge in [0.15, 0.2) is 26.2 Å². The van der Waals surface area contributed by atoms with Gasteiger partial charge in [0.05, 0.1) is 12.0 Å². The van der Waals surface area contributed by atoms with E-state index in [2.05, 4.69) is 0 Å². The molecule has 142 valence electrons. The number of ether oxygens (including phenoxy) is 1. The number of halogens is 6. The molecule has 0 aliphatic carbocycles. The number of aromatic nitrogens is 1. The third-order valence-corrected chi connectivity index (χ3v) is 5.16. The molecular formula is C8H10F6N2O5S3. The predicted molar refractivity (Wildman–Crippen MR) is 69.4 cm³/mol. The van der Waals surface area contributed by atoms with Gasteiger partial charge in [-0.05, 0) is 6.92 Å². The van der Waals surface area contributed by atoms with E-state index in [4.69, 9.17) is 4.74 Å². The molecule has 0 saturated carbocycles. The number of rotatable bonds is 5. The lowest BCUT2D eigenvalue weighted by atomic mass is 10.8. The van der Waals surface area contributed by atoms with E-state index in [-0.39, 0.29) is 0 Å². The average Bonchev–Trinajstić information content (AvgIpc) is 2.86. The maximum absolute atomic E-state index is 11.4. The van der Waals surface area contributed by atoms with Gasteiger partial charge in [-0.1, -0.05) is 11.3 Å². The number of nitrogens with zero attached hydrogens (tertiary/aromatic N) is 2. The second kappa shape index (κ2) is 8.41. The number of thiazole rings is 1. The molecule has 1 rings (SSSR count). The Morgan fingerprint density at radius 3 is 1.79 bits per heavy atom. The maximum Gasteiger partial charge on any atom is 0.480 e. The summed E-state index contributed by atoms with van der Waals surface area (Å²) >= 11 is 1.67. The predicted octanol–water partition coefficient (Wildman–Crippen LogP) is 2.09. The van der Waals surface area contributed by atoms with Crippen LogP contribution in [-0.2, 0) is 31.5 Å². The summed E-state index contributed by atoms with van der Waals surface area (Å²) in [5.74, 6) is 0. The van der Waals surface area contributed by atoms with E-state index in [1.807, 2.05) is 28.6 Å². The topological polar surface area (TPSA) is 95.5 Å². The highest BCUT2D eigenvalue weighted by molar-refractivity contribution is 8.13. The zero-order chi connectivity index (χ0) is 19.2. The molecule has 0 radical (unpaired) electrons. The van der Waals surface area contributed by atoms with Gasteiger partial charge < -0.3 is 8.86 Å². The van der Waals surface area contributed by atoms with E-state index < -0.39 is 31.1 Å². The Morgan fingerprint density at radius 1 is 1.04 bits per heavy atom. The van der Waals surface area contributed by atoms with Crippen molar-refractivity contribution in [1.82, 2.24) is 0 Å². The van der Waals surface area contributed by atoms with Crippen LogP contribution in [0.25, 0.3) is 4.13 Å². The van der Waals surface area contributed by atoms with Crippen LogP contribution in [0, 0.1) is 0 Å². The van der Waals surface area contributed by atoms with Gasteiger partial charge in [-0.25, -0.2) is 16.8 Å². The number of sulfonamides is 2. The molecule has 0 saturated heterocycles. The van der Waals surface area contributed by atoms with Crippen molar-refractivity contribution in [3.8, 4) is 0 Å². The molecule has 0 aliphatic heterocycles. The number of alkyl halides is 6. The van der Waals surface area contributed by atoms with Crippen molar-refractivity contribution >= 4 is 31.4 Å². The van der Waals surface area contributed by atoms with E-state index in [0.717, 1.165) is 10.7 Å². The van der Waals surface area contributed by atoms with Crippen LogP contribution in [0.15, 0.2) is 17.1 Å². The second-order valence-corrected chi connectivity index (χ2v) is 7.76. The third kappa shape index (κ3) is 7.29. The Balaban J connectivity index is 0.000000496. The van der Waals surface area contributed by atoms with Gasteiger partial charge >= 0.3 is 11.0 Å². The molecule has 0 aromatic carbocycles. The maximum atomic E-state index is 11.4. The first kappa shape index (κ1) is 23.0. The molecule has 0 aliphatic rings. The minimum absolute atomic E-state index is 0.681. The van der Waals surface area contributed by atoms with Crippen molar-refractivity contribution in [1.29, 1.82) is 0 Å². The Morgan fingerprint density at radius 2 is 1.50 bits per heavy atom. The van der Waals surface area contributed by atoms with E-state index >= 15 is 0 Å². The molecular weight excluding hydrogens is 414 g/mol. The molecule has 0 bridgehead atoms. The van der Waals surface area contributed by atoms with E-state index in [0.29, 0.717) is 6.73 Å². The van der Waals surface area contributed by atoms with E-state index in [1.54, 1.807) is 11.3 Å². The van der Waals surface area contributed by atoms with Gasteiger partial charge in [-0.15, -0.1) is 0 Å². The first-order valence-corrected chi connectivity index (χ1v) is 9.32. The average molecular weight is 424 g/mol. The molecule has 0 N–H and O–H groups in total. The van der Waals surface area contributed by atoms with Crippen LogP contribution in [0.2, 0.25) is 0 Å². The molecule has 0 fully saturated rings. The van der Waals surface area contributed by atoms with Gasteiger partial charge in [0.1, 0.15) is 0 Å². The normalized spacial score (nSPS) is 13.3. The quantitative estimate of drug-likeness (QED) is 0.533. The molecule has 1 heterocycles. The third-order valence-electron chi connectivity index (χ3n) is 1.75. The van der Waals surface area contributed by atoms with Crippen molar-refractivity contribution in [3.63, 3.8) is 0 Å². The standard InChI is InChI=1S/C6H10NOS.C2F6NO4S2/c1-2-8-5-7-3-4-9-6-7;3-1(4,5)14(10,11)9-15(12,13)2(6,7)8/h3-4,6H,2,5H2,1H3;/q+1;-1. The van der Waals surface area contributed by atoms with Crippen LogP contribution in [0.4, 0.5) is 26.3 Å². The Labute approximate surface area is 137 Å². The molecule has 0 unspecified atom stereocenters. The lowest BCUT2D eigenvalue weighted by Crippen LogP contribution is -2.31. The summed E-state index contributed by atoms with van der Waals surface area (Å²) in [4.78, 5) is 0. The highest BCUT2D eigenvalue weighted by Crippen LogP contribution is 2.36. The minimum atomic E-state index is -6.72. The Hall–Kier alpha value is -0.970. The zero-order valence-corrected chi connectivity index (χ0v) is 14.0. The van der Waals surface area contributed by atoms with Crippen molar-refractivity contribution in [2.24, 2.45) is 0 Å². The molecule has 7 nitrogen and oxygen atoms in total. The summed E-state index contributed by atoms with van der Waals surface area (Å²) in [5, 5.41) is 2.03. The van der Waals surface area contributed by atoms with Crippen LogP contribution in [0.3, 0.4) is 0 Å². The summed E-state index contributed by atoms with van der Waals surface area (Å²) < 4.78 is 116. The monoisotopic (exact) mass is 424 g/mol. The van der Waals surface area contributed by atoms with Crippen molar-refractivity contribution in [3.05, 3.63) is 21.2 Å². The largest absolute Gasteiger partial charge is 0.480 e. The fourth-order valence-corrected chi connectivity index (χ4v) is 3.04. The highest BCUT2D eigenvalue weighted by atomic mass is 32.3. The summed E-state index contributed by atoms with van der Waals surface area (Å²) in [6.07, 6.45) is 2.00. The SMILES string of the molecule is CCOC[n+]1ccsc1.O=S(=O)([N-]S(=O)(=O)C(F)(F)F)C(F)(F)F. The fourth-order valence-electron chi connectivity index (χ4n) is 0.746. The Bertz CT molecular complexity index is 654. The van der Waals surface area contributed by atoms with Crippen molar-refractivity contribution < 1.29 is 52.5 Å². The van der Waals surface area contributed by atoms with Crippen LogP contribution in [0.1, 0.15) is 6.92 Å². The lowest BCUT2D eigenvalue weighted by Gasteiger charge is -2.22. The molecule has 1 aromatic heterocycles. The lowest BCUT2D eigenvalue weighted by molar-refractivity contribution is -0.728. The van der Waals surface area contributed by atoms with Crippen LogP contribution in [-0.4, -0.2) is 34.5 Å². The van der Waals surface area contributed by atoms with Crippen LogP contribution in [0.5, 0.6) is 0 Å². The number of hydrogen-bond donors (Lipinski definition) is 0. The van der Waals surface area contributed by atoms with Crippen molar-refractivity contribution in [2.75, 3.05) is 6.61 Å². The van der Waals surface area contributed by atoms with Gasteiger partial charge in [-0.3, -0.25) is 0 Å². The first-order valence-electron chi connectivity index (χ1n) is 5.50. The molecule has 1 aromatic rings. The van der Waals surface area contributed by atoms with Gasteiger partial charge in [0, 0.05) is 0 Å². The summed E-state index contributed by atoms with van der Waals surface area (Å²) in [5.41, 5.74) is -10.4. The molecule has 0 spiro atoms. The zero-order valence-electron chi connectivity index (χ0n) is 11.6. The summed E-state index contributed by atoms with van der Waals surface area (Å²) in [6.45, 7) is 3.45. The van der Waals surface area contributed by atoms with Crippen molar-refractivity contribution in [2.45, 2.75) is 24.7 Å². The smallest absolute Gasteiger partial charge is 0.421 e. The van der Waals surface area contributed by atoms with E-state index in [1.165, 1.54) is 0 Å². The fraction of sp³-hybridized carbons (Fsp3) is 0.625. The molecule has 24 heavy (non-hydrogen) atoms.